The monoisotopic (exact) mass is 307 g/mol. The first-order valence-corrected chi connectivity index (χ1v) is 6.65. The highest BCUT2D eigenvalue weighted by molar-refractivity contribution is 8.26. The second-order valence-electron chi connectivity index (χ2n) is 2.76. The molecule has 0 heterocycles. The van der Waals surface area contributed by atoms with E-state index in [1.165, 1.54) is 12.1 Å². The van der Waals surface area contributed by atoms with Crippen molar-refractivity contribution in [2.45, 2.75) is 9.06 Å². The van der Waals surface area contributed by atoms with Gasteiger partial charge in [-0.25, -0.2) is 0 Å². The van der Waals surface area contributed by atoms with Gasteiger partial charge >= 0.3 is 0 Å². The van der Waals surface area contributed by atoms with Crippen LogP contribution in [-0.2, 0) is 0 Å². The van der Waals surface area contributed by atoms with Crippen LogP contribution in [0.25, 0.3) is 0 Å². The van der Waals surface area contributed by atoms with E-state index in [1.807, 2.05) is 0 Å². The summed E-state index contributed by atoms with van der Waals surface area (Å²) in [5.74, 6) is 0. The second kappa shape index (κ2) is 5.16. The van der Waals surface area contributed by atoms with E-state index < -0.39 is 14.8 Å². The Balaban J connectivity index is 3.22. The lowest BCUT2D eigenvalue weighted by molar-refractivity contribution is 0.0291. The number of halogens is 3. The van der Waals surface area contributed by atoms with Crippen molar-refractivity contribution in [1.82, 2.24) is 0 Å². The summed E-state index contributed by atoms with van der Waals surface area (Å²) in [7, 11) is -3.43. The standard InChI is InChI=1S/C7H8Cl3NO4S/c8-5-2-1-4(3-6(5)11(12)13)16(14,15)7(9)10/h1-3,7,12-15H. The van der Waals surface area contributed by atoms with E-state index in [1.54, 1.807) is 0 Å². The maximum atomic E-state index is 9.61. The third kappa shape index (κ3) is 2.85. The van der Waals surface area contributed by atoms with E-state index in [4.69, 9.17) is 45.2 Å². The van der Waals surface area contributed by atoms with Crippen LogP contribution >= 0.6 is 45.4 Å². The van der Waals surface area contributed by atoms with Crippen LogP contribution in [0.4, 0.5) is 5.69 Å². The summed E-state index contributed by atoms with van der Waals surface area (Å²) in [5, 5.41) is 17.4. The van der Waals surface area contributed by atoms with Crippen LogP contribution in [0.5, 0.6) is 0 Å². The van der Waals surface area contributed by atoms with Gasteiger partial charge in [-0.15, -0.1) is 15.8 Å². The van der Waals surface area contributed by atoms with Crippen LogP contribution in [-0.4, -0.2) is 23.7 Å². The van der Waals surface area contributed by atoms with E-state index in [0.29, 0.717) is 0 Å². The zero-order valence-corrected chi connectivity index (χ0v) is 10.7. The smallest absolute Gasteiger partial charge is 0.199 e. The van der Waals surface area contributed by atoms with Gasteiger partial charge in [0.05, 0.1) is 9.92 Å². The van der Waals surface area contributed by atoms with Gasteiger partial charge < -0.3 is 0 Å². The van der Waals surface area contributed by atoms with E-state index in [-0.39, 0.29) is 20.8 Å². The number of anilines is 1. The highest BCUT2D eigenvalue weighted by Crippen LogP contribution is 2.56. The second-order valence-corrected chi connectivity index (χ2v) is 6.91. The summed E-state index contributed by atoms with van der Waals surface area (Å²) < 4.78 is 17.8. The van der Waals surface area contributed by atoms with Crippen molar-refractivity contribution >= 4 is 51.1 Å². The van der Waals surface area contributed by atoms with E-state index in [2.05, 4.69) is 0 Å². The Kier molecular flexibility index (Phi) is 4.56. The highest BCUT2D eigenvalue weighted by atomic mass is 35.5. The Labute approximate surface area is 108 Å². The molecule has 0 bridgehead atoms. The lowest BCUT2D eigenvalue weighted by Crippen LogP contribution is -2.13. The molecule has 1 aromatic rings. The summed E-state index contributed by atoms with van der Waals surface area (Å²) in [5.41, 5.74) is -0.215. The van der Waals surface area contributed by atoms with E-state index >= 15 is 0 Å². The molecule has 9 heteroatoms. The number of nitrogens with zero attached hydrogens (tertiary/aromatic N) is 1. The average Bonchev–Trinajstić information content (AvgIpc) is 2.17. The minimum atomic E-state index is -3.43. The van der Waals surface area contributed by atoms with Gasteiger partial charge in [0, 0.05) is 0 Å². The number of hydrogen-bond acceptors (Lipinski definition) is 5. The molecule has 0 atom stereocenters. The Bertz CT molecular complexity index is 388. The largest absolute Gasteiger partial charge is 0.292 e. The predicted molar refractivity (Wildman–Crippen MR) is 64.1 cm³/mol. The van der Waals surface area contributed by atoms with Gasteiger partial charge in [-0.05, 0) is 18.2 Å². The molecule has 0 amide bonds. The molecule has 16 heavy (non-hydrogen) atoms. The quantitative estimate of drug-likeness (QED) is 0.504. The zero-order valence-electron chi connectivity index (χ0n) is 7.59. The summed E-state index contributed by atoms with van der Waals surface area (Å²) in [6.07, 6.45) is 0. The molecular weight excluding hydrogens is 301 g/mol. The molecule has 0 aliphatic heterocycles. The molecule has 1 rings (SSSR count). The SMILES string of the molecule is ON(O)c1cc(S(O)(O)C(Cl)Cl)ccc1Cl. The third-order valence-corrected chi connectivity index (χ3v) is 4.98. The summed E-state index contributed by atoms with van der Waals surface area (Å²) in [6.45, 7) is 0. The normalized spacial score (nSPS) is 13.0. The molecule has 0 spiro atoms. The van der Waals surface area contributed by atoms with Crippen molar-refractivity contribution in [1.29, 1.82) is 0 Å². The van der Waals surface area contributed by atoms with Gasteiger partial charge in [-0.1, -0.05) is 34.8 Å². The molecule has 0 unspecified atom stereocenters. The lowest BCUT2D eigenvalue weighted by atomic mass is 10.3. The average molecular weight is 309 g/mol. The Hall–Kier alpha value is 0.0800. The molecule has 4 N–H and O–H groups in total. The van der Waals surface area contributed by atoms with Crippen molar-refractivity contribution in [3.63, 3.8) is 0 Å². The number of rotatable bonds is 3. The zero-order chi connectivity index (χ0) is 12.5. The summed E-state index contributed by atoms with van der Waals surface area (Å²) in [6, 6.07) is 3.61. The van der Waals surface area contributed by atoms with Gasteiger partial charge in [-0.2, -0.15) is 0 Å². The van der Waals surface area contributed by atoms with Crippen molar-refractivity contribution in [3.8, 4) is 0 Å². The van der Waals surface area contributed by atoms with Crippen LogP contribution in [0.2, 0.25) is 5.02 Å². The van der Waals surface area contributed by atoms with Crippen LogP contribution in [0.1, 0.15) is 0 Å². The van der Waals surface area contributed by atoms with Gasteiger partial charge in [0.2, 0.25) is 0 Å². The van der Waals surface area contributed by atoms with Gasteiger partial charge in [0.1, 0.15) is 5.69 Å². The van der Waals surface area contributed by atoms with Crippen molar-refractivity contribution < 1.29 is 19.5 Å². The maximum absolute atomic E-state index is 9.61. The molecular formula is C7H8Cl3NO4S. The molecule has 0 radical (unpaired) electrons. The van der Waals surface area contributed by atoms with E-state index in [9.17, 15) is 9.11 Å². The molecule has 0 aliphatic rings. The Morgan fingerprint density at radius 2 is 1.75 bits per heavy atom. The van der Waals surface area contributed by atoms with Crippen LogP contribution in [0, 0.1) is 0 Å². The first-order chi connectivity index (χ1) is 7.26. The molecule has 92 valence electrons. The molecule has 1 aromatic carbocycles. The summed E-state index contributed by atoms with van der Waals surface area (Å²) >= 11 is 16.5. The number of hydrogen-bond donors (Lipinski definition) is 4. The van der Waals surface area contributed by atoms with Gasteiger partial charge in [-0.3, -0.25) is 19.5 Å². The fourth-order valence-corrected chi connectivity index (χ4v) is 2.50. The first-order valence-electron chi connectivity index (χ1n) is 3.79. The van der Waals surface area contributed by atoms with Crippen LogP contribution in [0.15, 0.2) is 23.1 Å². The topological polar surface area (TPSA) is 84.2 Å². The molecule has 0 aromatic heterocycles. The number of benzene rings is 1. The van der Waals surface area contributed by atoms with Crippen molar-refractivity contribution in [2.24, 2.45) is 0 Å². The minimum absolute atomic E-state index is 0.0182. The molecule has 0 fully saturated rings. The highest BCUT2D eigenvalue weighted by Gasteiger charge is 2.25. The maximum Gasteiger partial charge on any atom is 0.199 e. The predicted octanol–water partition coefficient (Wildman–Crippen LogP) is 3.80. The van der Waals surface area contributed by atoms with Crippen molar-refractivity contribution in [3.05, 3.63) is 23.2 Å². The molecule has 0 saturated heterocycles. The fourth-order valence-electron chi connectivity index (χ4n) is 0.935. The summed E-state index contributed by atoms with van der Waals surface area (Å²) in [4.78, 5) is -0.0463. The third-order valence-electron chi connectivity index (χ3n) is 1.73. The van der Waals surface area contributed by atoms with E-state index in [0.717, 1.165) is 6.07 Å². The minimum Gasteiger partial charge on any atom is -0.292 e. The first kappa shape index (κ1) is 14.1. The van der Waals surface area contributed by atoms with Gasteiger partial charge in [0.25, 0.3) is 0 Å². The van der Waals surface area contributed by atoms with Crippen LogP contribution < -0.4 is 5.23 Å². The lowest BCUT2D eigenvalue weighted by Gasteiger charge is -2.33. The Morgan fingerprint density at radius 1 is 1.19 bits per heavy atom. The molecule has 0 aliphatic carbocycles. The van der Waals surface area contributed by atoms with Gasteiger partial charge in [0.15, 0.2) is 4.17 Å². The van der Waals surface area contributed by atoms with Crippen molar-refractivity contribution in [2.75, 3.05) is 5.23 Å². The molecule has 5 nitrogen and oxygen atoms in total. The number of alkyl halides is 2. The molecule has 0 saturated carbocycles. The Morgan fingerprint density at radius 3 is 2.19 bits per heavy atom. The van der Waals surface area contributed by atoms with Crippen LogP contribution in [0.3, 0.4) is 0 Å². The fraction of sp³-hybridized carbons (Fsp3) is 0.143.